The van der Waals surface area contributed by atoms with Gasteiger partial charge in [-0.15, -0.1) is 0 Å². The molecule has 0 aliphatic heterocycles. The summed E-state index contributed by atoms with van der Waals surface area (Å²) in [7, 11) is 0. The Balaban J connectivity index is 3.36. The Morgan fingerprint density at radius 2 is 2.18 bits per heavy atom. The molecule has 0 spiro atoms. The minimum atomic E-state index is -0.542. The monoisotopic (exact) mass is 160 g/mol. The van der Waals surface area contributed by atoms with Gasteiger partial charge in [0.2, 0.25) is 0 Å². The van der Waals surface area contributed by atoms with E-state index in [1.807, 2.05) is 13.8 Å². The highest BCUT2D eigenvalue weighted by molar-refractivity contribution is 5.69. The smallest absolute Gasteiger partial charge is 0.308 e. The second kappa shape index (κ2) is 6.16. The summed E-state index contributed by atoms with van der Waals surface area (Å²) in [6.45, 7) is 4.22. The first-order chi connectivity index (χ1) is 5.20. The van der Waals surface area contributed by atoms with Crippen molar-refractivity contribution in [1.29, 1.82) is 0 Å². The number of carbonyl (C=O) groups excluding carboxylic acids is 1. The minimum Gasteiger partial charge on any atom is -0.466 e. The quantitative estimate of drug-likeness (QED) is 0.612. The van der Waals surface area contributed by atoms with E-state index in [9.17, 15) is 4.79 Å². The lowest BCUT2D eigenvalue weighted by Gasteiger charge is -2.06. The van der Waals surface area contributed by atoms with Gasteiger partial charge in [-0.25, -0.2) is 0 Å². The van der Waals surface area contributed by atoms with Gasteiger partial charge in [-0.3, -0.25) is 4.79 Å². The van der Waals surface area contributed by atoms with Gasteiger partial charge in [0.25, 0.3) is 0 Å². The zero-order chi connectivity index (χ0) is 8.69. The summed E-state index contributed by atoms with van der Waals surface area (Å²) < 4.78 is 4.76. The average Bonchev–Trinajstić information content (AvgIpc) is 2.00. The van der Waals surface area contributed by atoms with E-state index in [1.165, 1.54) is 0 Å². The third-order valence-electron chi connectivity index (χ3n) is 1.34. The van der Waals surface area contributed by atoms with Gasteiger partial charge in [0.1, 0.15) is 0 Å². The van der Waals surface area contributed by atoms with Crippen molar-refractivity contribution in [3.05, 3.63) is 0 Å². The molecule has 0 unspecified atom stereocenters. The van der Waals surface area contributed by atoms with Crippen molar-refractivity contribution in [3.63, 3.8) is 0 Å². The van der Waals surface area contributed by atoms with Crippen molar-refractivity contribution in [2.75, 3.05) is 6.61 Å². The number of ether oxygens (including phenoxy) is 1. The highest BCUT2D eigenvalue weighted by Crippen LogP contribution is 1.98. The normalized spacial score (nSPS) is 12.6. The molecule has 0 rings (SSSR count). The van der Waals surface area contributed by atoms with E-state index in [2.05, 4.69) is 0 Å². The molecular formula is C8H16O3. The van der Waals surface area contributed by atoms with Crippen molar-refractivity contribution in [2.24, 2.45) is 0 Å². The molecule has 0 aromatic carbocycles. The predicted octanol–water partition coefficient (Wildman–Crippen LogP) is 1.10. The number of esters is 1. The standard InChI is InChI=1S/C8H16O3/c1-3-5-11-8(10)6-7(9)4-2/h7,9H,3-6H2,1-2H3/t7-/m0/s1. The fraction of sp³-hybridized carbons (Fsp3) is 0.875. The Labute approximate surface area is 67.4 Å². The Hall–Kier alpha value is -0.570. The first kappa shape index (κ1) is 10.4. The van der Waals surface area contributed by atoms with Crippen LogP contribution >= 0.6 is 0 Å². The van der Waals surface area contributed by atoms with E-state index in [4.69, 9.17) is 9.84 Å². The molecule has 0 bridgehead atoms. The van der Waals surface area contributed by atoms with Gasteiger partial charge in [0.15, 0.2) is 0 Å². The third kappa shape index (κ3) is 5.85. The third-order valence-corrected chi connectivity index (χ3v) is 1.34. The van der Waals surface area contributed by atoms with E-state index in [1.54, 1.807) is 0 Å². The molecule has 11 heavy (non-hydrogen) atoms. The van der Waals surface area contributed by atoms with Gasteiger partial charge in [-0.2, -0.15) is 0 Å². The molecule has 0 heterocycles. The van der Waals surface area contributed by atoms with Crippen LogP contribution in [0.5, 0.6) is 0 Å². The second-order valence-corrected chi connectivity index (χ2v) is 2.49. The molecule has 0 radical (unpaired) electrons. The van der Waals surface area contributed by atoms with Crippen LogP contribution in [0.4, 0.5) is 0 Å². The lowest BCUT2D eigenvalue weighted by atomic mass is 10.2. The van der Waals surface area contributed by atoms with Crippen molar-refractivity contribution < 1.29 is 14.6 Å². The predicted molar refractivity (Wildman–Crippen MR) is 42.2 cm³/mol. The summed E-state index contributed by atoms with van der Waals surface area (Å²) in [6, 6.07) is 0. The number of aliphatic hydroxyl groups is 1. The lowest BCUT2D eigenvalue weighted by Crippen LogP contribution is -2.14. The summed E-state index contributed by atoms with van der Waals surface area (Å²) in [4.78, 5) is 10.8. The maximum Gasteiger partial charge on any atom is 0.308 e. The molecule has 3 nitrogen and oxygen atoms in total. The zero-order valence-electron chi connectivity index (χ0n) is 7.17. The molecule has 0 aliphatic rings. The van der Waals surface area contributed by atoms with Crippen LogP contribution in [0.25, 0.3) is 0 Å². The number of aliphatic hydroxyl groups excluding tert-OH is 1. The summed E-state index contributed by atoms with van der Waals surface area (Å²) in [5.74, 6) is -0.304. The highest BCUT2D eigenvalue weighted by Gasteiger charge is 2.08. The highest BCUT2D eigenvalue weighted by atomic mass is 16.5. The van der Waals surface area contributed by atoms with Crippen molar-refractivity contribution in [1.82, 2.24) is 0 Å². The topological polar surface area (TPSA) is 46.5 Å². The van der Waals surface area contributed by atoms with Crippen molar-refractivity contribution in [3.8, 4) is 0 Å². The van der Waals surface area contributed by atoms with Crippen LogP contribution in [0.1, 0.15) is 33.1 Å². The summed E-state index contributed by atoms with van der Waals surface area (Å²) in [5.41, 5.74) is 0. The van der Waals surface area contributed by atoms with E-state index in [0.29, 0.717) is 13.0 Å². The van der Waals surface area contributed by atoms with E-state index in [-0.39, 0.29) is 12.4 Å². The fourth-order valence-corrected chi connectivity index (χ4v) is 0.612. The van der Waals surface area contributed by atoms with Crippen LogP contribution in [0.15, 0.2) is 0 Å². The van der Waals surface area contributed by atoms with Gasteiger partial charge in [0.05, 0.1) is 19.1 Å². The van der Waals surface area contributed by atoms with Gasteiger partial charge < -0.3 is 9.84 Å². The number of carbonyl (C=O) groups is 1. The average molecular weight is 160 g/mol. The van der Waals surface area contributed by atoms with Crippen LogP contribution in [0.2, 0.25) is 0 Å². The van der Waals surface area contributed by atoms with Crippen LogP contribution in [-0.2, 0) is 9.53 Å². The largest absolute Gasteiger partial charge is 0.466 e. The number of rotatable bonds is 5. The van der Waals surface area contributed by atoms with Gasteiger partial charge >= 0.3 is 5.97 Å². The molecule has 0 aromatic rings. The van der Waals surface area contributed by atoms with Gasteiger partial charge in [-0.1, -0.05) is 13.8 Å². The first-order valence-electron chi connectivity index (χ1n) is 4.04. The summed E-state index contributed by atoms with van der Waals surface area (Å²) in [5, 5.41) is 9.03. The molecule has 0 saturated heterocycles. The number of hydrogen-bond donors (Lipinski definition) is 1. The minimum absolute atomic E-state index is 0.122. The zero-order valence-corrected chi connectivity index (χ0v) is 7.17. The van der Waals surface area contributed by atoms with Crippen LogP contribution in [0, 0.1) is 0 Å². The molecule has 1 N–H and O–H groups in total. The Morgan fingerprint density at radius 1 is 1.55 bits per heavy atom. The van der Waals surface area contributed by atoms with E-state index in [0.717, 1.165) is 6.42 Å². The SMILES string of the molecule is CCCOC(=O)C[C@@H](O)CC. The molecule has 0 saturated carbocycles. The maximum atomic E-state index is 10.8. The van der Waals surface area contributed by atoms with Crippen LogP contribution in [-0.4, -0.2) is 23.8 Å². The van der Waals surface area contributed by atoms with Crippen LogP contribution < -0.4 is 0 Å². The van der Waals surface area contributed by atoms with Crippen molar-refractivity contribution in [2.45, 2.75) is 39.2 Å². The Morgan fingerprint density at radius 3 is 2.64 bits per heavy atom. The summed E-state index contributed by atoms with van der Waals surface area (Å²) in [6.07, 6.45) is 1.01. The number of hydrogen-bond acceptors (Lipinski definition) is 3. The molecular weight excluding hydrogens is 144 g/mol. The second-order valence-electron chi connectivity index (χ2n) is 2.49. The van der Waals surface area contributed by atoms with Crippen molar-refractivity contribution >= 4 is 5.97 Å². The fourth-order valence-electron chi connectivity index (χ4n) is 0.612. The molecule has 0 aliphatic carbocycles. The molecule has 66 valence electrons. The van der Waals surface area contributed by atoms with E-state index >= 15 is 0 Å². The molecule has 1 atom stereocenters. The Bertz CT molecular complexity index is 112. The van der Waals surface area contributed by atoms with Gasteiger partial charge in [0, 0.05) is 0 Å². The van der Waals surface area contributed by atoms with Gasteiger partial charge in [-0.05, 0) is 12.8 Å². The first-order valence-corrected chi connectivity index (χ1v) is 4.04. The lowest BCUT2D eigenvalue weighted by molar-refractivity contribution is -0.145. The molecule has 0 aromatic heterocycles. The molecule has 0 fully saturated rings. The Kier molecular flexibility index (Phi) is 5.84. The van der Waals surface area contributed by atoms with E-state index < -0.39 is 6.10 Å². The maximum absolute atomic E-state index is 10.8. The summed E-state index contributed by atoms with van der Waals surface area (Å²) >= 11 is 0. The molecule has 0 amide bonds. The van der Waals surface area contributed by atoms with Crippen LogP contribution in [0.3, 0.4) is 0 Å². The molecule has 3 heteroatoms.